The number of likely N-dealkylation sites (tertiary alicyclic amines) is 1. The summed E-state index contributed by atoms with van der Waals surface area (Å²) in [6.07, 6.45) is 2.05. The molecular weight excluding hydrogens is 259 g/mol. The maximum absolute atomic E-state index is 14.0. The number of nitrogens with zero attached hydrogens (tertiary/aromatic N) is 1. The lowest BCUT2D eigenvalue weighted by atomic mass is 9.93. The number of nitrogens with one attached hydrogen (secondary N) is 1. The van der Waals surface area contributed by atoms with Crippen molar-refractivity contribution >= 4 is 5.91 Å². The van der Waals surface area contributed by atoms with Gasteiger partial charge in [-0.05, 0) is 37.4 Å². The van der Waals surface area contributed by atoms with E-state index in [1.807, 2.05) is 0 Å². The summed E-state index contributed by atoms with van der Waals surface area (Å²) in [4.78, 5) is 14.2. The minimum Gasteiger partial charge on any atom is -0.497 e. The molecule has 2 aliphatic rings. The number of carbonyl (C=O) groups is 1. The standard InChI is InChI=1S/C15H19FN2O2/c1-20-11-2-3-12(13(16)8-11)15(19)18-7-5-14-10(9-18)4-6-17-14/h2-3,8,10,14,17H,4-7,9H2,1H3. The average molecular weight is 278 g/mol. The highest BCUT2D eigenvalue weighted by Gasteiger charge is 2.35. The number of piperidine rings is 1. The monoisotopic (exact) mass is 278 g/mol. The minimum absolute atomic E-state index is 0.134. The van der Waals surface area contributed by atoms with E-state index < -0.39 is 5.82 Å². The lowest BCUT2D eigenvalue weighted by molar-refractivity contribution is 0.0657. The van der Waals surface area contributed by atoms with Gasteiger partial charge in [-0.3, -0.25) is 4.79 Å². The highest BCUT2D eigenvalue weighted by Crippen LogP contribution is 2.26. The van der Waals surface area contributed by atoms with E-state index in [1.54, 1.807) is 11.0 Å². The maximum Gasteiger partial charge on any atom is 0.256 e. The molecule has 3 rings (SSSR count). The second-order valence-corrected chi connectivity index (χ2v) is 5.49. The number of carbonyl (C=O) groups excluding carboxylic acids is 1. The lowest BCUT2D eigenvalue weighted by Gasteiger charge is -2.35. The van der Waals surface area contributed by atoms with Crippen molar-refractivity contribution in [3.8, 4) is 5.75 Å². The number of benzene rings is 1. The molecule has 2 atom stereocenters. The predicted molar refractivity (Wildman–Crippen MR) is 73.4 cm³/mol. The fourth-order valence-corrected chi connectivity index (χ4v) is 3.20. The Bertz CT molecular complexity index is 521. The number of methoxy groups -OCH3 is 1. The summed E-state index contributed by atoms with van der Waals surface area (Å²) < 4.78 is 18.9. The highest BCUT2D eigenvalue weighted by atomic mass is 19.1. The Balaban J connectivity index is 1.75. The van der Waals surface area contributed by atoms with Gasteiger partial charge in [0.2, 0.25) is 0 Å². The summed E-state index contributed by atoms with van der Waals surface area (Å²) in [6, 6.07) is 4.92. The summed E-state index contributed by atoms with van der Waals surface area (Å²) in [5.41, 5.74) is 0.134. The van der Waals surface area contributed by atoms with Gasteiger partial charge in [0.15, 0.2) is 0 Å². The number of rotatable bonds is 2. The van der Waals surface area contributed by atoms with Crippen LogP contribution in [0.4, 0.5) is 4.39 Å². The third-order valence-electron chi connectivity index (χ3n) is 4.35. The molecule has 1 aromatic carbocycles. The van der Waals surface area contributed by atoms with Crippen molar-refractivity contribution in [2.24, 2.45) is 5.92 Å². The molecule has 4 nitrogen and oxygen atoms in total. The first-order valence-corrected chi connectivity index (χ1v) is 7.05. The molecule has 20 heavy (non-hydrogen) atoms. The largest absolute Gasteiger partial charge is 0.497 e. The maximum atomic E-state index is 14.0. The Hall–Kier alpha value is -1.62. The van der Waals surface area contributed by atoms with Gasteiger partial charge in [-0.2, -0.15) is 0 Å². The number of ether oxygens (including phenoxy) is 1. The predicted octanol–water partition coefficient (Wildman–Crippen LogP) is 1.66. The molecule has 5 heteroatoms. The summed E-state index contributed by atoms with van der Waals surface area (Å²) >= 11 is 0. The quantitative estimate of drug-likeness (QED) is 0.894. The SMILES string of the molecule is COc1ccc(C(=O)N2CCC3NCCC3C2)c(F)c1. The van der Waals surface area contributed by atoms with Crippen LogP contribution in [-0.2, 0) is 0 Å². The van der Waals surface area contributed by atoms with Crippen LogP contribution in [0.2, 0.25) is 0 Å². The third kappa shape index (κ3) is 2.38. The van der Waals surface area contributed by atoms with Crippen molar-refractivity contribution in [2.45, 2.75) is 18.9 Å². The number of hydrogen-bond acceptors (Lipinski definition) is 3. The molecule has 2 unspecified atom stereocenters. The van der Waals surface area contributed by atoms with Crippen LogP contribution in [0.15, 0.2) is 18.2 Å². The van der Waals surface area contributed by atoms with Crippen LogP contribution >= 0.6 is 0 Å². The highest BCUT2D eigenvalue weighted by molar-refractivity contribution is 5.94. The van der Waals surface area contributed by atoms with Crippen molar-refractivity contribution in [3.63, 3.8) is 0 Å². The van der Waals surface area contributed by atoms with Crippen LogP contribution in [0.5, 0.6) is 5.75 Å². The second kappa shape index (κ2) is 5.40. The van der Waals surface area contributed by atoms with E-state index in [-0.39, 0.29) is 11.5 Å². The smallest absolute Gasteiger partial charge is 0.256 e. The summed E-state index contributed by atoms with van der Waals surface area (Å²) in [5.74, 6) is 0.211. The normalized spacial score (nSPS) is 25.4. The number of fused-ring (bicyclic) bond motifs is 1. The zero-order valence-corrected chi connectivity index (χ0v) is 11.6. The molecule has 0 aromatic heterocycles. The Labute approximate surface area is 117 Å². The van der Waals surface area contributed by atoms with E-state index >= 15 is 0 Å². The molecule has 0 aliphatic carbocycles. The first-order valence-electron chi connectivity index (χ1n) is 7.05. The van der Waals surface area contributed by atoms with Crippen molar-refractivity contribution < 1.29 is 13.9 Å². The number of amides is 1. The van der Waals surface area contributed by atoms with Crippen LogP contribution in [-0.4, -0.2) is 43.6 Å². The van der Waals surface area contributed by atoms with Gasteiger partial charge in [0.1, 0.15) is 11.6 Å². The Morgan fingerprint density at radius 2 is 2.30 bits per heavy atom. The van der Waals surface area contributed by atoms with Gasteiger partial charge >= 0.3 is 0 Å². The van der Waals surface area contributed by atoms with Crippen LogP contribution < -0.4 is 10.1 Å². The van der Waals surface area contributed by atoms with E-state index in [2.05, 4.69) is 5.32 Å². The van der Waals surface area contributed by atoms with E-state index in [4.69, 9.17) is 4.74 Å². The van der Waals surface area contributed by atoms with E-state index in [1.165, 1.54) is 19.2 Å². The molecule has 0 radical (unpaired) electrons. The molecule has 1 aromatic rings. The van der Waals surface area contributed by atoms with Crippen molar-refractivity contribution in [1.82, 2.24) is 10.2 Å². The van der Waals surface area contributed by atoms with Crippen LogP contribution in [0, 0.1) is 11.7 Å². The lowest BCUT2D eigenvalue weighted by Crippen LogP contribution is -2.47. The van der Waals surface area contributed by atoms with Crippen molar-refractivity contribution in [1.29, 1.82) is 0 Å². The van der Waals surface area contributed by atoms with Gasteiger partial charge in [-0.25, -0.2) is 4.39 Å². The van der Waals surface area contributed by atoms with Gasteiger partial charge in [0.05, 0.1) is 12.7 Å². The Morgan fingerprint density at radius 1 is 1.45 bits per heavy atom. The zero-order valence-electron chi connectivity index (χ0n) is 11.6. The van der Waals surface area contributed by atoms with Crippen molar-refractivity contribution in [3.05, 3.63) is 29.6 Å². The molecular formula is C15H19FN2O2. The fourth-order valence-electron chi connectivity index (χ4n) is 3.20. The van der Waals surface area contributed by atoms with Gasteiger partial charge in [-0.1, -0.05) is 0 Å². The molecule has 1 N–H and O–H groups in total. The number of hydrogen-bond donors (Lipinski definition) is 1. The molecule has 0 saturated carbocycles. The molecule has 2 saturated heterocycles. The van der Waals surface area contributed by atoms with Gasteiger partial charge in [-0.15, -0.1) is 0 Å². The Morgan fingerprint density at radius 3 is 3.05 bits per heavy atom. The first-order chi connectivity index (χ1) is 9.69. The average Bonchev–Trinajstić information content (AvgIpc) is 2.93. The van der Waals surface area contributed by atoms with Crippen LogP contribution in [0.25, 0.3) is 0 Å². The molecule has 0 bridgehead atoms. The summed E-state index contributed by atoms with van der Waals surface area (Å²) in [7, 11) is 1.48. The van der Waals surface area contributed by atoms with E-state index in [0.717, 1.165) is 25.9 Å². The van der Waals surface area contributed by atoms with Gasteiger partial charge in [0.25, 0.3) is 5.91 Å². The third-order valence-corrected chi connectivity index (χ3v) is 4.35. The minimum atomic E-state index is -0.513. The van der Waals surface area contributed by atoms with Crippen molar-refractivity contribution in [2.75, 3.05) is 26.7 Å². The fraction of sp³-hybridized carbons (Fsp3) is 0.533. The second-order valence-electron chi connectivity index (χ2n) is 5.49. The molecule has 2 heterocycles. The molecule has 1 amide bonds. The first kappa shape index (κ1) is 13.4. The Kier molecular flexibility index (Phi) is 3.61. The molecule has 2 fully saturated rings. The zero-order chi connectivity index (χ0) is 14.1. The van der Waals surface area contributed by atoms with Crippen LogP contribution in [0.3, 0.4) is 0 Å². The molecule has 0 spiro atoms. The number of halogens is 1. The van der Waals surface area contributed by atoms with Crippen LogP contribution in [0.1, 0.15) is 23.2 Å². The van der Waals surface area contributed by atoms with E-state index in [9.17, 15) is 9.18 Å². The van der Waals surface area contributed by atoms with Gasteiger partial charge < -0.3 is 15.0 Å². The van der Waals surface area contributed by atoms with E-state index in [0.29, 0.717) is 24.3 Å². The topological polar surface area (TPSA) is 41.6 Å². The summed E-state index contributed by atoms with van der Waals surface area (Å²) in [6.45, 7) is 2.44. The molecule has 2 aliphatic heterocycles. The summed E-state index contributed by atoms with van der Waals surface area (Å²) in [5, 5.41) is 3.46. The van der Waals surface area contributed by atoms with Gasteiger partial charge in [0, 0.05) is 25.2 Å². The molecule has 108 valence electrons.